The van der Waals surface area contributed by atoms with E-state index in [0.29, 0.717) is 6.54 Å². The van der Waals surface area contributed by atoms with Gasteiger partial charge in [0, 0.05) is 6.54 Å². The maximum absolute atomic E-state index is 12.4. The van der Waals surface area contributed by atoms with E-state index in [2.05, 4.69) is 6.92 Å². The Hall–Kier alpha value is -1.81. The van der Waals surface area contributed by atoms with Gasteiger partial charge >= 0.3 is 6.09 Å². The van der Waals surface area contributed by atoms with Gasteiger partial charge in [0.05, 0.1) is 12.1 Å². The molecule has 1 N–H and O–H groups in total. The van der Waals surface area contributed by atoms with E-state index in [4.69, 9.17) is 4.74 Å². The molecule has 2 atom stereocenters. The maximum Gasteiger partial charge on any atom is 0.410 e. The average molecular weight is 430 g/mol. The van der Waals surface area contributed by atoms with Crippen LogP contribution in [-0.4, -0.2) is 34.8 Å². The predicted octanol–water partition coefficient (Wildman–Crippen LogP) is 7.02. The number of ether oxygens (including phenoxy) is 1. The Morgan fingerprint density at radius 1 is 1.00 bits per heavy atom. The van der Waals surface area contributed by atoms with Gasteiger partial charge < -0.3 is 9.84 Å². The van der Waals surface area contributed by atoms with Gasteiger partial charge in [0.25, 0.3) is 0 Å². The highest BCUT2D eigenvalue weighted by molar-refractivity contribution is 5.69. The van der Waals surface area contributed by atoms with Crippen molar-refractivity contribution in [2.75, 3.05) is 6.54 Å². The standard InChI is InChI=1S/C27H43NO3/c1-3-4-5-6-7-8-9-10-11-12-16-19-26(29)25-20-23(2)28(21-25)27(30)31-22-24-17-14-13-15-18-24/h13-15,17-18,20,23,26,29H,3-12,16,19,21-22H2,1-2H3/t23-,26-/m0/s1. The van der Waals surface area contributed by atoms with Gasteiger partial charge in [-0.2, -0.15) is 0 Å². The molecule has 0 saturated carbocycles. The van der Waals surface area contributed by atoms with Crippen molar-refractivity contribution in [3.63, 3.8) is 0 Å². The Bertz CT molecular complexity index is 643. The Kier molecular flexibility index (Phi) is 12.4. The number of carbonyl (C=O) groups is 1. The van der Waals surface area contributed by atoms with Crippen molar-refractivity contribution in [3.05, 3.63) is 47.5 Å². The third-order valence-electron chi connectivity index (χ3n) is 6.25. The molecular weight excluding hydrogens is 386 g/mol. The minimum Gasteiger partial charge on any atom is -0.445 e. The van der Waals surface area contributed by atoms with Gasteiger partial charge in [-0.15, -0.1) is 0 Å². The van der Waals surface area contributed by atoms with Crippen LogP contribution < -0.4 is 0 Å². The van der Waals surface area contributed by atoms with Crippen LogP contribution in [0.5, 0.6) is 0 Å². The summed E-state index contributed by atoms with van der Waals surface area (Å²) in [6.07, 6.45) is 16.4. The summed E-state index contributed by atoms with van der Waals surface area (Å²) >= 11 is 0. The van der Waals surface area contributed by atoms with E-state index in [1.807, 2.05) is 43.3 Å². The molecule has 0 bridgehead atoms. The third-order valence-corrected chi connectivity index (χ3v) is 6.25. The molecule has 4 nitrogen and oxygen atoms in total. The summed E-state index contributed by atoms with van der Waals surface area (Å²) in [5, 5.41) is 10.6. The second-order valence-electron chi connectivity index (χ2n) is 8.99. The van der Waals surface area contributed by atoms with Crippen molar-refractivity contribution in [2.24, 2.45) is 0 Å². The molecule has 1 aliphatic rings. The lowest BCUT2D eigenvalue weighted by atomic mass is 10.0. The molecule has 0 radical (unpaired) electrons. The Balaban J connectivity index is 1.54. The number of hydrogen-bond donors (Lipinski definition) is 1. The van der Waals surface area contributed by atoms with Gasteiger partial charge in [0.1, 0.15) is 6.61 Å². The first-order valence-electron chi connectivity index (χ1n) is 12.5. The van der Waals surface area contributed by atoms with Crippen molar-refractivity contribution >= 4 is 6.09 Å². The van der Waals surface area contributed by atoms with Crippen LogP contribution in [0.15, 0.2) is 42.0 Å². The molecule has 4 heteroatoms. The number of carbonyl (C=O) groups excluding carboxylic acids is 1. The smallest absolute Gasteiger partial charge is 0.410 e. The van der Waals surface area contributed by atoms with Crippen molar-refractivity contribution in [1.29, 1.82) is 0 Å². The summed E-state index contributed by atoms with van der Waals surface area (Å²) in [5.41, 5.74) is 1.93. The van der Waals surface area contributed by atoms with Crippen LogP contribution in [-0.2, 0) is 11.3 Å². The van der Waals surface area contributed by atoms with Gasteiger partial charge in [-0.3, -0.25) is 4.90 Å². The van der Waals surface area contributed by atoms with Crippen LogP contribution in [0.25, 0.3) is 0 Å². The largest absolute Gasteiger partial charge is 0.445 e. The van der Waals surface area contributed by atoms with Crippen LogP contribution in [0.2, 0.25) is 0 Å². The van der Waals surface area contributed by atoms with Crippen LogP contribution >= 0.6 is 0 Å². The van der Waals surface area contributed by atoms with Crippen LogP contribution in [0.4, 0.5) is 4.79 Å². The molecule has 0 spiro atoms. The van der Waals surface area contributed by atoms with Crippen molar-refractivity contribution in [2.45, 2.75) is 110 Å². The van der Waals surface area contributed by atoms with Crippen molar-refractivity contribution in [1.82, 2.24) is 4.90 Å². The van der Waals surface area contributed by atoms with Crippen LogP contribution in [0.1, 0.15) is 96.5 Å². The molecule has 1 amide bonds. The van der Waals surface area contributed by atoms with Crippen LogP contribution in [0.3, 0.4) is 0 Å². The highest BCUT2D eigenvalue weighted by Crippen LogP contribution is 2.23. The summed E-state index contributed by atoms with van der Waals surface area (Å²) in [6, 6.07) is 9.67. The fourth-order valence-electron chi connectivity index (χ4n) is 4.23. The number of aliphatic hydroxyl groups is 1. The number of aliphatic hydroxyl groups excluding tert-OH is 1. The summed E-state index contributed by atoms with van der Waals surface area (Å²) in [4.78, 5) is 14.1. The highest BCUT2D eigenvalue weighted by Gasteiger charge is 2.29. The summed E-state index contributed by atoms with van der Waals surface area (Å²) in [5.74, 6) is 0. The Morgan fingerprint density at radius 3 is 2.19 bits per heavy atom. The van der Waals surface area contributed by atoms with Crippen LogP contribution in [0, 0.1) is 0 Å². The number of nitrogens with zero attached hydrogens (tertiary/aromatic N) is 1. The fourth-order valence-corrected chi connectivity index (χ4v) is 4.23. The monoisotopic (exact) mass is 429 g/mol. The Morgan fingerprint density at radius 2 is 1.58 bits per heavy atom. The minimum absolute atomic E-state index is 0.0368. The zero-order valence-corrected chi connectivity index (χ0v) is 19.7. The van der Waals surface area contributed by atoms with E-state index in [1.54, 1.807) is 4.90 Å². The van der Waals surface area contributed by atoms with Gasteiger partial charge in [-0.1, -0.05) is 114 Å². The first kappa shape index (κ1) is 25.5. The molecular formula is C27H43NO3. The predicted molar refractivity (Wildman–Crippen MR) is 128 cm³/mol. The number of benzene rings is 1. The fraction of sp³-hybridized carbons (Fsp3) is 0.667. The Labute approximate surface area is 189 Å². The van der Waals surface area contributed by atoms with E-state index in [-0.39, 0.29) is 18.7 Å². The van der Waals surface area contributed by atoms with E-state index in [0.717, 1.165) is 24.0 Å². The number of unbranched alkanes of at least 4 members (excludes halogenated alkanes) is 10. The molecule has 0 aromatic heterocycles. The van der Waals surface area contributed by atoms with Crippen molar-refractivity contribution < 1.29 is 14.6 Å². The summed E-state index contributed by atoms with van der Waals surface area (Å²) in [6.45, 7) is 4.98. The molecule has 1 aromatic carbocycles. The first-order valence-corrected chi connectivity index (χ1v) is 12.5. The number of hydrogen-bond acceptors (Lipinski definition) is 3. The molecule has 31 heavy (non-hydrogen) atoms. The SMILES string of the molecule is CCCCCCCCCCCCC[C@H](O)C1=C[C@H](C)N(C(=O)OCc2ccccc2)C1. The summed E-state index contributed by atoms with van der Waals surface area (Å²) in [7, 11) is 0. The highest BCUT2D eigenvalue weighted by atomic mass is 16.6. The quantitative estimate of drug-likeness (QED) is 0.241. The molecule has 0 unspecified atom stereocenters. The topological polar surface area (TPSA) is 49.8 Å². The van der Waals surface area contributed by atoms with Gasteiger partial charge in [-0.05, 0) is 24.5 Å². The average Bonchev–Trinajstić information content (AvgIpc) is 3.18. The van der Waals surface area contributed by atoms with E-state index >= 15 is 0 Å². The van der Waals surface area contributed by atoms with E-state index in [1.165, 1.54) is 64.2 Å². The zero-order valence-electron chi connectivity index (χ0n) is 19.7. The molecule has 0 saturated heterocycles. The second-order valence-corrected chi connectivity index (χ2v) is 8.99. The number of rotatable bonds is 15. The first-order chi connectivity index (χ1) is 15.1. The molecule has 1 aromatic rings. The van der Waals surface area contributed by atoms with Gasteiger partial charge in [0.15, 0.2) is 0 Å². The molecule has 1 heterocycles. The van der Waals surface area contributed by atoms with Gasteiger partial charge in [-0.25, -0.2) is 4.79 Å². The third kappa shape index (κ3) is 9.90. The molecule has 1 aliphatic heterocycles. The molecule has 2 rings (SSSR count). The normalized spacial score (nSPS) is 16.9. The van der Waals surface area contributed by atoms with E-state index < -0.39 is 6.10 Å². The van der Waals surface area contributed by atoms with Crippen molar-refractivity contribution in [3.8, 4) is 0 Å². The lowest BCUT2D eigenvalue weighted by Crippen LogP contribution is -2.35. The minimum atomic E-state index is -0.451. The lowest BCUT2D eigenvalue weighted by Gasteiger charge is -2.22. The number of amides is 1. The zero-order chi connectivity index (χ0) is 22.3. The molecule has 0 fully saturated rings. The summed E-state index contributed by atoms with van der Waals surface area (Å²) < 4.78 is 5.46. The van der Waals surface area contributed by atoms with Gasteiger partial charge in [0.2, 0.25) is 0 Å². The maximum atomic E-state index is 12.4. The second kappa shape index (κ2) is 15.1. The lowest BCUT2D eigenvalue weighted by molar-refractivity contribution is 0.0947. The molecule has 174 valence electrons. The molecule has 0 aliphatic carbocycles. The van der Waals surface area contributed by atoms with E-state index in [9.17, 15) is 9.90 Å².